The molecule has 0 radical (unpaired) electrons. The molecule has 1 amide bonds. The van der Waals surface area contributed by atoms with E-state index in [4.69, 9.17) is 15.9 Å². The third-order valence-corrected chi connectivity index (χ3v) is 5.78. The Morgan fingerprint density at radius 2 is 2.10 bits per heavy atom. The zero-order valence-electron chi connectivity index (χ0n) is 16.3. The minimum atomic E-state index is -0.474. The highest BCUT2D eigenvalue weighted by molar-refractivity contribution is 9.10. The summed E-state index contributed by atoms with van der Waals surface area (Å²) in [5.41, 5.74) is 3.09. The van der Waals surface area contributed by atoms with Crippen LogP contribution in [0, 0.1) is 22.5 Å². The number of thiophene rings is 1. The van der Waals surface area contributed by atoms with Crippen LogP contribution in [-0.4, -0.2) is 30.3 Å². The fourth-order valence-electron chi connectivity index (χ4n) is 2.62. The van der Waals surface area contributed by atoms with E-state index in [9.17, 15) is 14.9 Å². The van der Waals surface area contributed by atoms with Crippen molar-refractivity contribution in [3.05, 3.63) is 61.4 Å². The molecule has 0 saturated heterocycles. The van der Waals surface area contributed by atoms with Gasteiger partial charge in [-0.3, -0.25) is 14.9 Å². The summed E-state index contributed by atoms with van der Waals surface area (Å²) in [5, 5.41) is 15.5. The van der Waals surface area contributed by atoms with Gasteiger partial charge in [-0.15, -0.1) is 17.8 Å². The van der Waals surface area contributed by atoms with Gasteiger partial charge < -0.3 is 9.47 Å². The maximum absolute atomic E-state index is 12.4. The number of nitrogens with zero attached hydrogens (tertiary/aromatic N) is 2. The zero-order chi connectivity index (χ0) is 22.4. The number of terminal acetylenes is 1. The number of hydrogen-bond donors (Lipinski definition) is 1. The van der Waals surface area contributed by atoms with Crippen LogP contribution < -0.4 is 14.9 Å². The summed E-state index contributed by atoms with van der Waals surface area (Å²) in [7, 11) is 0. The first kappa shape index (κ1) is 22.3. The van der Waals surface area contributed by atoms with Crippen molar-refractivity contribution in [1.29, 1.82) is 0 Å². The van der Waals surface area contributed by atoms with Crippen LogP contribution in [0.15, 0.2) is 46.0 Å². The van der Waals surface area contributed by atoms with E-state index in [2.05, 4.69) is 32.4 Å². The number of nitro benzene ring substituents is 1. The molecule has 1 aromatic heterocycles. The first-order valence-electron chi connectivity index (χ1n) is 8.97. The molecule has 1 heterocycles. The van der Waals surface area contributed by atoms with E-state index in [-0.39, 0.29) is 12.3 Å². The van der Waals surface area contributed by atoms with Gasteiger partial charge in [0.2, 0.25) is 0 Å². The molecule has 2 aromatic carbocycles. The summed E-state index contributed by atoms with van der Waals surface area (Å²) >= 11 is 4.66. The lowest BCUT2D eigenvalue weighted by molar-refractivity contribution is -0.384. The van der Waals surface area contributed by atoms with Crippen LogP contribution in [0.5, 0.6) is 11.5 Å². The predicted molar refractivity (Wildman–Crippen MR) is 123 cm³/mol. The van der Waals surface area contributed by atoms with Gasteiger partial charge in [-0.1, -0.05) is 5.92 Å². The van der Waals surface area contributed by atoms with Crippen molar-refractivity contribution >= 4 is 55.2 Å². The molecule has 158 valence electrons. The zero-order valence-corrected chi connectivity index (χ0v) is 18.7. The summed E-state index contributed by atoms with van der Waals surface area (Å²) in [5.74, 6) is 2.97. The molecule has 31 heavy (non-hydrogen) atoms. The fraction of sp³-hybridized carbons (Fsp3) is 0.143. The summed E-state index contributed by atoms with van der Waals surface area (Å²) in [6.07, 6.45) is 6.70. The first-order chi connectivity index (χ1) is 14.9. The van der Waals surface area contributed by atoms with Crippen molar-refractivity contribution in [2.45, 2.75) is 6.92 Å². The maximum Gasteiger partial charge on any atom is 0.281 e. The second kappa shape index (κ2) is 10.1. The number of carbonyl (C=O) groups is 1. The second-order valence-corrected chi connectivity index (χ2v) is 7.97. The van der Waals surface area contributed by atoms with Crippen LogP contribution in [-0.2, 0) is 0 Å². The van der Waals surface area contributed by atoms with E-state index >= 15 is 0 Å². The highest BCUT2D eigenvalue weighted by atomic mass is 79.9. The van der Waals surface area contributed by atoms with Gasteiger partial charge >= 0.3 is 0 Å². The Labute approximate surface area is 190 Å². The molecule has 0 spiro atoms. The number of halogens is 1. The summed E-state index contributed by atoms with van der Waals surface area (Å²) in [4.78, 5) is 23.2. The van der Waals surface area contributed by atoms with Crippen molar-refractivity contribution in [1.82, 2.24) is 5.43 Å². The molecule has 3 rings (SSSR count). The number of benzene rings is 2. The third kappa shape index (κ3) is 5.39. The number of amides is 1. The van der Waals surface area contributed by atoms with Crippen molar-refractivity contribution in [2.75, 3.05) is 13.2 Å². The molecule has 1 N–H and O–H groups in total. The number of nitrogens with one attached hydrogen (secondary N) is 1. The Hall–Kier alpha value is -3.42. The number of ether oxygens (including phenoxy) is 2. The van der Waals surface area contributed by atoms with Gasteiger partial charge in [-0.05, 0) is 47.1 Å². The standard InChI is InChI=1S/C21H16BrN3O5S/c1-3-7-30-18-11-16(22)14(9-17(18)29-4-2)12-23-24-21(26)20-10-13-8-15(25(27)28)5-6-19(13)31-20/h1,5-6,8-12H,4,7H2,2H3,(H,24,26)/b23-12-. The molecule has 10 heteroatoms. The van der Waals surface area contributed by atoms with Gasteiger partial charge in [0.25, 0.3) is 11.6 Å². The normalized spacial score (nSPS) is 10.7. The van der Waals surface area contributed by atoms with Crippen LogP contribution in [0.2, 0.25) is 0 Å². The largest absolute Gasteiger partial charge is 0.490 e. The quantitative estimate of drug-likeness (QED) is 0.207. The minimum absolute atomic E-state index is 0.0279. The van der Waals surface area contributed by atoms with Gasteiger partial charge in [-0.2, -0.15) is 5.10 Å². The fourth-order valence-corrected chi connectivity index (χ4v) is 3.98. The van der Waals surface area contributed by atoms with Crippen LogP contribution in [0.4, 0.5) is 5.69 Å². The average Bonchev–Trinajstić information content (AvgIpc) is 3.18. The Balaban J connectivity index is 1.75. The van der Waals surface area contributed by atoms with E-state index in [1.165, 1.54) is 29.7 Å². The highest BCUT2D eigenvalue weighted by Gasteiger charge is 2.13. The Bertz CT molecular complexity index is 1220. The van der Waals surface area contributed by atoms with E-state index in [0.29, 0.717) is 38.4 Å². The summed E-state index contributed by atoms with van der Waals surface area (Å²) < 4.78 is 12.5. The van der Waals surface area contributed by atoms with Crippen molar-refractivity contribution < 1.29 is 19.2 Å². The molecule has 0 fully saturated rings. The van der Waals surface area contributed by atoms with Crippen molar-refractivity contribution in [3.63, 3.8) is 0 Å². The lowest BCUT2D eigenvalue weighted by atomic mass is 10.2. The molecule has 0 aliphatic heterocycles. The smallest absolute Gasteiger partial charge is 0.281 e. The number of hydrazone groups is 1. The van der Waals surface area contributed by atoms with E-state index < -0.39 is 10.8 Å². The van der Waals surface area contributed by atoms with Crippen molar-refractivity contribution in [3.8, 4) is 23.8 Å². The van der Waals surface area contributed by atoms with E-state index in [0.717, 1.165) is 4.70 Å². The lowest BCUT2D eigenvalue weighted by Crippen LogP contribution is -2.16. The Morgan fingerprint density at radius 1 is 1.32 bits per heavy atom. The number of hydrogen-bond acceptors (Lipinski definition) is 7. The van der Waals surface area contributed by atoms with E-state index in [1.54, 1.807) is 24.3 Å². The second-order valence-electron chi connectivity index (χ2n) is 6.04. The van der Waals surface area contributed by atoms with Crippen LogP contribution in [0.25, 0.3) is 10.1 Å². The molecule has 8 nitrogen and oxygen atoms in total. The van der Waals surface area contributed by atoms with Gasteiger partial charge in [-0.25, -0.2) is 5.43 Å². The number of carbonyl (C=O) groups excluding carboxylic acids is 1. The van der Waals surface area contributed by atoms with Gasteiger partial charge in [0, 0.05) is 32.3 Å². The molecule has 0 saturated carbocycles. The SMILES string of the molecule is C#CCOc1cc(Br)c(/C=N\NC(=O)c2cc3cc([N+](=O)[O-])ccc3s2)cc1OCC. The first-order valence-corrected chi connectivity index (χ1v) is 10.6. The molecule has 0 bridgehead atoms. The van der Waals surface area contributed by atoms with Gasteiger partial charge in [0.05, 0.1) is 22.6 Å². The lowest BCUT2D eigenvalue weighted by Gasteiger charge is -2.12. The predicted octanol–water partition coefficient (Wildman–Crippen LogP) is 4.75. The Morgan fingerprint density at radius 3 is 2.81 bits per heavy atom. The molecular formula is C21H16BrN3O5S. The molecular weight excluding hydrogens is 486 g/mol. The van der Waals surface area contributed by atoms with Gasteiger partial charge in [0.15, 0.2) is 11.5 Å². The highest BCUT2D eigenvalue weighted by Crippen LogP contribution is 2.33. The molecule has 0 aliphatic carbocycles. The summed E-state index contributed by atoms with van der Waals surface area (Å²) in [6, 6.07) is 9.48. The topological polar surface area (TPSA) is 103 Å². The van der Waals surface area contributed by atoms with Crippen LogP contribution in [0.3, 0.4) is 0 Å². The molecule has 0 atom stereocenters. The average molecular weight is 502 g/mol. The Kier molecular flexibility index (Phi) is 7.23. The number of nitro groups is 1. The maximum atomic E-state index is 12.4. The minimum Gasteiger partial charge on any atom is -0.490 e. The van der Waals surface area contributed by atoms with Crippen molar-refractivity contribution in [2.24, 2.45) is 5.10 Å². The molecule has 0 aliphatic rings. The summed E-state index contributed by atoms with van der Waals surface area (Å²) in [6.45, 7) is 2.39. The third-order valence-electron chi connectivity index (χ3n) is 3.98. The molecule has 3 aromatic rings. The molecule has 0 unspecified atom stereocenters. The van der Waals surface area contributed by atoms with Crippen LogP contribution in [0.1, 0.15) is 22.2 Å². The van der Waals surface area contributed by atoms with E-state index in [1.807, 2.05) is 6.92 Å². The van der Waals surface area contributed by atoms with Gasteiger partial charge in [0.1, 0.15) is 6.61 Å². The monoisotopic (exact) mass is 501 g/mol. The number of rotatable bonds is 8. The number of non-ortho nitro benzene ring substituents is 1. The van der Waals surface area contributed by atoms with Crippen LogP contribution >= 0.6 is 27.3 Å². The number of fused-ring (bicyclic) bond motifs is 1.